The molecule has 0 unspecified atom stereocenters. The molecule has 4 aliphatic rings. The van der Waals surface area contributed by atoms with E-state index in [0.717, 1.165) is 68.7 Å². The zero-order chi connectivity index (χ0) is 28.0. The van der Waals surface area contributed by atoms with E-state index in [0.29, 0.717) is 24.8 Å². The van der Waals surface area contributed by atoms with E-state index in [1.807, 2.05) is 23.1 Å². The molecular weight excluding hydrogens is 518 g/mol. The molecule has 3 aliphatic heterocycles. The predicted molar refractivity (Wildman–Crippen MR) is 152 cm³/mol. The summed E-state index contributed by atoms with van der Waals surface area (Å²) in [6, 6.07) is 13.8. The first kappa shape index (κ1) is 25.5. The van der Waals surface area contributed by atoms with Crippen LogP contribution in [0, 0.1) is 5.41 Å². The Kier molecular flexibility index (Phi) is 6.31. The summed E-state index contributed by atoms with van der Waals surface area (Å²) in [6.07, 6.45) is 6.00. The molecule has 1 aliphatic carbocycles. The van der Waals surface area contributed by atoms with Crippen molar-refractivity contribution in [1.29, 1.82) is 0 Å². The third-order valence-electron chi connectivity index (χ3n) is 8.74. The fraction of sp³-hybridized carbons (Fsp3) is 0.375. The number of benzene rings is 1. The van der Waals surface area contributed by atoms with Crippen LogP contribution in [0.5, 0.6) is 11.6 Å². The minimum Gasteiger partial charge on any atom is -0.484 e. The van der Waals surface area contributed by atoms with Crippen molar-refractivity contribution < 1.29 is 23.6 Å². The maximum Gasteiger partial charge on any atom is 0.267 e. The van der Waals surface area contributed by atoms with Gasteiger partial charge in [0.25, 0.3) is 11.8 Å². The van der Waals surface area contributed by atoms with Crippen molar-refractivity contribution in [3.05, 3.63) is 71.2 Å². The highest BCUT2D eigenvalue weighted by molar-refractivity contribution is 5.92. The number of nitrogens with two attached hydrogens (primary N) is 1. The summed E-state index contributed by atoms with van der Waals surface area (Å²) in [5.41, 5.74) is 12.5. The molecule has 5 heterocycles. The van der Waals surface area contributed by atoms with Gasteiger partial charge in [0.15, 0.2) is 24.7 Å². The molecule has 3 aromatic rings. The lowest BCUT2D eigenvalue weighted by Crippen LogP contribution is -2.57. The predicted octanol–water partition coefficient (Wildman–Crippen LogP) is 2.89. The SMILES string of the molecule is NC(=O)c1ccc(-c2ccc3c(c2)CCC3=C=[N+]2CC3(CCN(C(=O)Cc4ccc5c(n4)OCCO5)CC3)C2)cn1. The molecule has 7 rings (SSSR count). The molecular formula is C32H32N5O4+. The number of rotatable bonds is 4. The molecule has 0 saturated carbocycles. The van der Waals surface area contributed by atoms with Gasteiger partial charge in [-0.1, -0.05) is 24.3 Å². The van der Waals surface area contributed by atoms with Gasteiger partial charge in [0.2, 0.25) is 5.91 Å². The number of hydrogen-bond acceptors (Lipinski definition) is 6. The van der Waals surface area contributed by atoms with Crippen molar-refractivity contribution in [2.24, 2.45) is 11.1 Å². The summed E-state index contributed by atoms with van der Waals surface area (Å²) in [6.45, 7) is 4.57. The highest BCUT2D eigenvalue weighted by atomic mass is 16.6. The molecule has 2 saturated heterocycles. The molecule has 41 heavy (non-hydrogen) atoms. The van der Waals surface area contributed by atoms with Gasteiger partial charge in [-0.05, 0) is 60.6 Å². The van der Waals surface area contributed by atoms with E-state index in [-0.39, 0.29) is 23.4 Å². The quantitative estimate of drug-likeness (QED) is 0.501. The molecule has 0 radical (unpaired) electrons. The Labute approximate surface area is 238 Å². The highest BCUT2D eigenvalue weighted by Gasteiger charge is 2.50. The van der Waals surface area contributed by atoms with Gasteiger partial charge in [0.1, 0.15) is 18.9 Å². The third kappa shape index (κ3) is 4.98. The van der Waals surface area contributed by atoms with E-state index < -0.39 is 5.91 Å². The number of aryl methyl sites for hydroxylation is 1. The second kappa shape index (κ2) is 10.2. The number of fused-ring (bicyclic) bond motifs is 2. The number of piperidine rings is 1. The number of allylic oxidation sites excluding steroid dienone is 1. The Balaban J connectivity index is 0.967. The van der Waals surface area contributed by atoms with Gasteiger partial charge in [0.05, 0.1) is 23.1 Å². The normalized spacial score (nSPS) is 18.5. The van der Waals surface area contributed by atoms with E-state index in [9.17, 15) is 9.59 Å². The number of ether oxygens (including phenoxy) is 2. The minimum atomic E-state index is -0.520. The number of carbonyl (C=O) groups excluding carboxylic acids is 2. The number of primary amides is 1. The van der Waals surface area contributed by atoms with Crippen molar-refractivity contribution in [2.75, 3.05) is 39.4 Å². The van der Waals surface area contributed by atoms with Gasteiger partial charge in [-0.3, -0.25) is 14.6 Å². The molecule has 9 nitrogen and oxygen atoms in total. The lowest BCUT2D eigenvalue weighted by Gasteiger charge is -2.43. The van der Waals surface area contributed by atoms with Gasteiger partial charge in [-0.25, -0.2) is 4.98 Å². The Bertz CT molecular complexity index is 1610. The summed E-state index contributed by atoms with van der Waals surface area (Å²) >= 11 is 0. The highest BCUT2D eigenvalue weighted by Crippen LogP contribution is 2.39. The number of hydrogen-bond donors (Lipinski definition) is 1. The number of pyridine rings is 2. The first-order valence-electron chi connectivity index (χ1n) is 14.3. The van der Waals surface area contributed by atoms with E-state index in [1.165, 1.54) is 16.7 Å². The van der Waals surface area contributed by atoms with Crippen LogP contribution in [-0.2, 0) is 17.6 Å². The average Bonchev–Trinajstić information content (AvgIpc) is 3.38. The Hall–Kier alpha value is -4.49. The molecule has 1 spiro atoms. The van der Waals surface area contributed by atoms with Crippen LogP contribution in [0.25, 0.3) is 16.7 Å². The van der Waals surface area contributed by atoms with E-state index >= 15 is 0 Å². The van der Waals surface area contributed by atoms with E-state index in [2.05, 4.69) is 38.6 Å². The molecule has 2 aromatic heterocycles. The van der Waals surface area contributed by atoms with Crippen LogP contribution >= 0.6 is 0 Å². The van der Waals surface area contributed by atoms with Crippen molar-refractivity contribution in [1.82, 2.24) is 14.9 Å². The topological polar surface area (TPSA) is 111 Å². The zero-order valence-corrected chi connectivity index (χ0v) is 22.9. The summed E-state index contributed by atoms with van der Waals surface area (Å²) in [7, 11) is 0. The Morgan fingerprint density at radius 1 is 1.00 bits per heavy atom. The van der Waals surface area contributed by atoms with Crippen LogP contribution in [-0.4, -0.2) is 76.5 Å². The van der Waals surface area contributed by atoms with Crippen LogP contribution in [0.2, 0.25) is 0 Å². The van der Waals surface area contributed by atoms with Crippen LogP contribution in [0.3, 0.4) is 0 Å². The van der Waals surface area contributed by atoms with Crippen molar-refractivity contribution in [2.45, 2.75) is 32.1 Å². The lowest BCUT2D eigenvalue weighted by atomic mass is 9.73. The monoisotopic (exact) mass is 550 g/mol. The molecule has 2 N–H and O–H groups in total. The molecule has 0 bridgehead atoms. The van der Waals surface area contributed by atoms with Crippen LogP contribution in [0.15, 0.2) is 48.7 Å². The van der Waals surface area contributed by atoms with Crippen LogP contribution in [0.4, 0.5) is 0 Å². The van der Waals surface area contributed by atoms with Crippen LogP contribution in [0.1, 0.15) is 46.6 Å². The zero-order valence-electron chi connectivity index (χ0n) is 22.9. The third-order valence-corrected chi connectivity index (χ3v) is 8.74. The smallest absolute Gasteiger partial charge is 0.267 e. The number of amides is 2. The Morgan fingerprint density at radius 2 is 1.80 bits per heavy atom. The number of carbonyl (C=O) groups is 2. The van der Waals surface area contributed by atoms with Gasteiger partial charge >= 0.3 is 0 Å². The van der Waals surface area contributed by atoms with E-state index in [1.54, 1.807) is 12.3 Å². The summed E-state index contributed by atoms with van der Waals surface area (Å²) in [4.78, 5) is 34.9. The number of nitrogens with zero attached hydrogens (tertiary/aromatic N) is 4. The van der Waals surface area contributed by atoms with Gasteiger partial charge in [0, 0.05) is 24.8 Å². The van der Waals surface area contributed by atoms with Crippen molar-refractivity contribution >= 4 is 23.3 Å². The van der Waals surface area contributed by atoms with E-state index in [4.69, 9.17) is 15.2 Å². The van der Waals surface area contributed by atoms with Gasteiger partial charge in [-0.15, -0.1) is 0 Å². The summed E-state index contributed by atoms with van der Waals surface area (Å²) in [5, 5.41) is 0. The summed E-state index contributed by atoms with van der Waals surface area (Å²) in [5.74, 6) is 4.42. The van der Waals surface area contributed by atoms with Gasteiger partial charge < -0.3 is 20.1 Å². The van der Waals surface area contributed by atoms with Crippen molar-refractivity contribution in [3.8, 4) is 22.8 Å². The number of likely N-dealkylation sites (tertiary alicyclic amines) is 1. The first-order valence-corrected chi connectivity index (χ1v) is 14.3. The van der Waals surface area contributed by atoms with Gasteiger partial charge in [-0.2, -0.15) is 4.58 Å². The number of aromatic nitrogens is 2. The second-order valence-corrected chi connectivity index (χ2v) is 11.5. The molecule has 9 heteroatoms. The fourth-order valence-corrected chi connectivity index (χ4v) is 6.41. The maximum atomic E-state index is 13.0. The molecule has 2 fully saturated rings. The first-order chi connectivity index (χ1) is 19.9. The molecule has 0 atom stereocenters. The Morgan fingerprint density at radius 3 is 2.59 bits per heavy atom. The summed E-state index contributed by atoms with van der Waals surface area (Å²) < 4.78 is 13.4. The fourth-order valence-electron chi connectivity index (χ4n) is 6.41. The average molecular weight is 551 g/mol. The maximum absolute atomic E-state index is 13.0. The minimum absolute atomic E-state index is 0.121. The molecule has 1 aromatic carbocycles. The standard InChI is InChI=1S/C32H31N5O4/c33-30(39)27-7-4-23(17-34-27)21-3-6-26-22(15-21)1-2-24(26)18-36-19-32(20-36)9-11-37(12-10-32)29(38)16-25-5-8-28-31(35-25)41-14-13-40-28/h3-8,15,17H,1-2,9-14,16,19-20H2,(H-,33,39)/p+1. The van der Waals surface area contributed by atoms with Crippen LogP contribution < -0.4 is 15.2 Å². The molecule has 208 valence electrons. The lowest BCUT2D eigenvalue weighted by molar-refractivity contribution is -0.624. The van der Waals surface area contributed by atoms with Crippen molar-refractivity contribution in [3.63, 3.8) is 0 Å². The largest absolute Gasteiger partial charge is 0.484 e. The molecule has 2 amide bonds. The second-order valence-electron chi connectivity index (χ2n) is 11.5.